The lowest BCUT2D eigenvalue weighted by Crippen LogP contribution is -2.01. The van der Waals surface area contributed by atoms with Crippen LogP contribution >= 0.6 is 15.9 Å². The summed E-state index contributed by atoms with van der Waals surface area (Å²) in [4.78, 5) is 4.46. The van der Waals surface area contributed by atoms with Gasteiger partial charge in [-0.2, -0.15) is 0 Å². The zero-order chi connectivity index (χ0) is 11.6. The van der Waals surface area contributed by atoms with Crippen molar-refractivity contribution in [1.29, 1.82) is 0 Å². The first-order chi connectivity index (χ1) is 6.97. The van der Waals surface area contributed by atoms with Gasteiger partial charge in [0, 0.05) is 5.69 Å². The van der Waals surface area contributed by atoms with E-state index in [2.05, 4.69) is 60.6 Å². The first-order valence-corrected chi connectivity index (χ1v) is 5.93. The van der Waals surface area contributed by atoms with Gasteiger partial charge >= 0.3 is 0 Å². The summed E-state index contributed by atoms with van der Waals surface area (Å²) in [6.07, 6.45) is 5.50. The standard InChI is InChI=1S/C13H16BrN/c1-6-10-11(8(2)3)7-12(9(4)5)15-13(10)14/h1,7-9H,2-5H3. The fourth-order valence-electron chi connectivity index (χ4n) is 1.45. The Morgan fingerprint density at radius 3 is 2.27 bits per heavy atom. The smallest absolute Gasteiger partial charge is 0.122 e. The quantitative estimate of drug-likeness (QED) is 0.580. The summed E-state index contributed by atoms with van der Waals surface area (Å²) in [5.74, 6) is 3.55. The van der Waals surface area contributed by atoms with Crippen molar-refractivity contribution in [2.45, 2.75) is 39.5 Å². The Labute approximate surface area is 100 Å². The lowest BCUT2D eigenvalue weighted by molar-refractivity contribution is 0.792. The largest absolute Gasteiger partial charge is 0.244 e. The Hall–Kier alpha value is -0.810. The van der Waals surface area contributed by atoms with Gasteiger partial charge in [0.15, 0.2) is 0 Å². The predicted molar refractivity (Wildman–Crippen MR) is 68.1 cm³/mol. The van der Waals surface area contributed by atoms with E-state index in [9.17, 15) is 0 Å². The van der Waals surface area contributed by atoms with Gasteiger partial charge in [0.05, 0.1) is 5.56 Å². The summed E-state index contributed by atoms with van der Waals surface area (Å²) >= 11 is 3.44. The maximum atomic E-state index is 5.50. The zero-order valence-electron chi connectivity index (χ0n) is 9.63. The Bertz CT molecular complexity index is 400. The fraction of sp³-hybridized carbons (Fsp3) is 0.462. The monoisotopic (exact) mass is 265 g/mol. The molecule has 0 aliphatic rings. The number of rotatable bonds is 2. The van der Waals surface area contributed by atoms with E-state index >= 15 is 0 Å². The average molecular weight is 266 g/mol. The molecule has 2 heteroatoms. The maximum Gasteiger partial charge on any atom is 0.122 e. The van der Waals surface area contributed by atoms with Crippen LogP contribution in [-0.2, 0) is 0 Å². The van der Waals surface area contributed by atoms with Gasteiger partial charge in [-0.3, -0.25) is 0 Å². The minimum absolute atomic E-state index is 0.422. The van der Waals surface area contributed by atoms with Crippen molar-refractivity contribution in [3.63, 3.8) is 0 Å². The second-order valence-electron chi connectivity index (χ2n) is 4.26. The van der Waals surface area contributed by atoms with Gasteiger partial charge in [0.25, 0.3) is 0 Å². The average Bonchev–Trinajstić information content (AvgIpc) is 2.16. The van der Waals surface area contributed by atoms with Crippen LogP contribution in [0.15, 0.2) is 10.7 Å². The van der Waals surface area contributed by atoms with Gasteiger partial charge in [-0.05, 0) is 39.4 Å². The molecule has 0 spiro atoms. The molecule has 1 heterocycles. The molecule has 0 aromatic carbocycles. The SMILES string of the molecule is C#Cc1c(C(C)C)cc(C(C)C)nc1Br. The summed E-state index contributed by atoms with van der Waals surface area (Å²) in [5, 5.41) is 0. The molecule has 1 aromatic heterocycles. The Morgan fingerprint density at radius 2 is 1.87 bits per heavy atom. The van der Waals surface area contributed by atoms with Crippen LogP contribution in [0.25, 0.3) is 0 Å². The number of hydrogen-bond donors (Lipinski definition) is 0. The van der Waals surface area contributed by atoms with E-state index in [1.54, 1.807) is 0 Å². The fourth-order valence-corrected chi connectivity index (χ4v) is 1.99. The molecule has 0 radical (unpaired) electrons. The highest BCUT2D eigenvalue weighted by molar-refractivity contribution is 9.10. The normalized spacial score (nSPS) is 10.8. The van der Waals surface area contributed by atoms with Crippen molar-refractivity contribution in [1.82, 2.24) is 4.98 Å². The van der Waals surface area contributed by atoms with Gasteiger partial charge in [-0.15, -0.1) is 6.42 Å². The number of hydrogen-bond acceptors (Lipinski definition) is 1. The van der Waals surface area contributed by atoms with E-state index in [4.69, 9.17) is 6.42 Å². The van der Waals surface area contributed by atoms with Crippen LogP contribution in [0.3, 0.4) is 0 Å². The number of halogens is 1. The van der Waals surface area contributed by atoms with Crippen molar-refractivity contribution < 1.29 is 0 Å². The molecule has 0 saturated heterocycles. The van der Waals surface area contributed by atoms with Crippen molar-refractivity contribution in [2.24, 2.45) is 0 Å². The molecule has 0 aliphatic heterocycles. The molecular formula is C13H16BrN. The van der Waals surface area contributed by atoms with Gasteiger partial charge in [0.1, 0.15) is 4.60 Å². The molecule has 0 unspecified atom stereocenters. The molecule has 1 aromatic rings. The summed E-state index contributed by atoms with van der Waals surface area (Å²) in [5.41, 5.74) is 3.17. The Kier molecular flexibility index (Phi) is 3.93. The third-order valence-corrected chi connectivity index (χ3v) is 2.96. The van der Waals surface area contributed by atoms with E-state index in [1.165, 1.54) is 5.56 Å². The molecular weight excluding hydrogens is 250 g/mol. The molecule has 0 amide bonds. The molecule has 80 valence electrons. The molecule has 1 nitrogen and oxygen atoms in total. The maximum absolute atomic E-state index is 5.50. The number of nitrogens with zero attached hydrogens (tertiary/aromatic N) is 1. The third-order valence-electron chi connectivity index (χ3n) is 2.38. The highest BCUT2D eigenvalue weighted by atomic mass is 79.9. The van der Waals surface area contributed by atoms with Gasteiger partial charge in [0.2, 0.25) is 0 Å². The Morgan fingerprint density at radius 1 is 1.27 bits per heavy atom. The minimum atomic E-state index is 0.422. The van der Waals surface area contributed by atoms with Crippen molar-refractivity contribution in [2.75, 3.05) is 0 Å². The number of aromatic nitrogens is 1. The van der Waals surface area contributed by atoms with Gasteiger partial charge in [-0.1, -0.05) is 33.6 Å². The van der Waals surface area contributed by atoms with Gasteiger partial charge in [-0.25, -0.2) is 4.98 Å². The highest BCUT2D eigenvalue weighted by Gasteiger charge is 2.13. The zero-order valence-corrected chi connectivity index (χ0v) is 11.2. The molecule has 0 bridgehead atoms. The lowest BCUT2D eigenvalue weighted by atomic mass is 9.96. The summed E-state index contributed by atoms with van der Waals surface area (Å²) in [7, 11) is 0. The van der Waals surface area contributed by atoms with Crippen LogP contribution in [0.2, 0.25) is 0 Å². The van der Waals surface area contributed by atoms with E-state index in [0.29, 0.717) is 11.8 Å². The second-order valence-corrected chi connectivity index (χ2v) is 5.01. The molecule has 0 atom stereocenters. The summed E-state index contributed by atoms with van der Waals surface area (Å²) in [6.45, 7) is 8.56. The molecule has 0 saturated carbocycles. The number of terminal acetylenes is 1. The first-order valence-electron chi connectivity index (χ1n) is 5.14. The van der Waals surface area contributed by atoms with E-state index in [-0.39, 0.29) is 0 Å². The predicted octanol–water partition coefficient (Wildman–Crippen LogP) is 4.07. The van der Waals surface area contributed by atoms with Crippen molar-refractivity contribution >= 4 is 15.9 Å². The van der Waals surface area contributed by atoms with Crippen LogP contribution < -0.4 is 0 Å². The summed E-state index contributed by atoms with van der Waals surface area (Å²) < 4.78 is 0.792. The highest BCUT2D eigenvalue weighted by Crippen LogP contribution is 2.27. The van der Waals surface area contributed by atoms with Crippen LogP contribution in [0.4, 0.5) is 0 Å². The third kappa shape index (κ3) is 2.60. The van der Waals surface area contributed by atoms with Crippen LogP contribution in [0.5, 0.6) is 0 Å². The number of pyridine rings is 1. The first kappa shape index (κ1) is 12.3. The second kappa shape index (κ2) is 4.81. The molecule has 0 aliphatic carbocycles. The van der Waals surface area contributed by atoms with Crippen LogP contribution in [0, 0.1) is 12.3 Å². The van der Waals surface area contributed by atoms with Crippen molar-refractivity contribution in [3.8, 4) is 12.3 Å². The van der Waals surface area contributed by atoms with Crippen LogP contribution in [-0.4, -0.2) is 4.98 Å². The topological polar surface area (TPSA) is 12.9 Å². The molecule has 0 fully saturated rings. The minimum Gasteiger partial charge on any atom is -0.244 e. The summed E-state index contributed by atoms with van der Waals surface area (Å²) in [6, 6.07) is 2.12. The Balaban J connectivity index is 3.40. The van der Waals surface area contributed by atoms with Crippen LogP contribution in [0.1, 0.15) is 56.4 Å². The lowest BCUT2D eigenvalue weighted by Gasteiger charge is -2.14. The molecule has 0 N–H and O–H groups in total. The van der Waals surface area contributed by atoms with E-state index in [1.807, 2.05) is 0 Å². The van der Waals surface area contributed by atoms with Gasteiger partial charge < -0.3 is 0 Å². The van der Waals surface area contributed by atoms with Crippen molar-refractivity contribution in [3.05, 3.63) is 27.5 Å². The van der Waals surface area contributed by atoms with E-state index in [0.717, 1.165) is 15.9 Å². The molecule has 1 rings (SSSR count). The van der Waals surface area contributed by atoms with E-state index < -0.39 is 0 Å². The molecule has 15 heavy (non-hydrogen) atoms.